The molecule has 1 aromatic rings. The Morgan fingerprint density at radius 3 is 2.89 bits per heavy atom. The van der Waals surface area contributed by atoms with Gasteiger partial charge in [-0.25, -0.2) is 4.98 Å². The predicted molar refractivity (Wildman–Crippen MR) is 75.3 cm³/mol. The zero-order valence-electron chi connectivity index (χ0n) is 11.5. The summed E-state index contributed by atoms with van der Waals surface area (Å²) in [7, 11) is 0. The maximum absolute atomic E-state index is 5.91. The van der Waals surface area contributed by atoms with E-state index >= 15 is 0 Å². The SMILES string of the molecule is CC(C)C(CN)c1cncn1CC1CC=CCC1. The highest BCUT2D eigenvalue weighted by Crippen LogP contribution is 2.26. The molecular formula is C15H25N3. The van der Waals surface area contributed by atoms with Crippen LogP contribution in [0.15, 0.2) is 24.7 Å². The molecule has 2 atom stereocenters. The van der Waals surface area contributed by atoms with Gasteiger partial charge in [-0.15, -0.1) is 0 Å². The van der Waals surface area contributed by atoms with Gasteiger partial charge in [-0.1, -0.05) is 26.0 Å². The fourth-order valence-electron chi connectivity index (χ4n) is 2.83. The molecule has 1 aromatic heterocycles. The van der Waals surface area contributed by atoms with E-state index in [2.05, 4.69) is 35.6 Å². The molecule has 2 rings (SSSR count). The van der Waals surface area contributed by atoms with Crippen molar-refractivity contribution >= 4 is 0 Å². The van der Waals surface area contributed by atoms with Gasteiger partial charge in [0, 0.05) is 30.9 Å². The number of nitrogens with zero attached hydrogens (tertiary/aromatic N) is 2. The third kappa shape index (κ3) is 3.02. The number of aromatic nitrogens is 2. The Morgan fingerprint density at radius 2 is 2.28 bits per heavy atom. The predicted octanol–water partition coefficient (Wildman–Crippen LogP) is 2.94. The van der Waals surface area contributed by atoms with Gasteiger partial charge in [-0.2, -0.15) is 0 Å². The molecule has 0 radical (unpaired) electrons. The molecule has 2 unspecified atom stereocenters. The van der Waals surface area contributed by atoms with Gasteiger partial charge < -0.3 is 10.3 Å². The average molecular weight is 247 g/mol. The fraction of sp³-hybridized carbons (Fsp3) is 0.667. The van der Waals surface area contributed by atoms with Crippen LogP contribution in [0.5, 0.6) is 0 Å². The Labute approximate surface area is 110 Å². The molecule has 18 heavy (non-hydrogen) atoms. The fourth-order valence-corrected chi connectivity index (χ4v) is 2.83. The second kappa shape index (κ2) is 6.19. The largest absolute Gasteiger partial charge is 0.334 e. The quantitative estimate of drug-likeness (QED) is 0.813. The molecule has 2 N–H and O–H groups in total. The van der Waals surface area contributed by atoms with Crippen LogP contribution in [-0.4, -0.2) is 16.1 Å². The second-order valence-electron chi connectivity index (χ2n) is 5.71. The second-order valence-corrected chi connectivity index (χ2v) is 5.71. The molecule has 0 aliphatic heterocycles. The molecule has 0 amide bonds. The van der Waals surface area contributed by atoms with E-state index in [0.717, 1.165) is 12.5 Å². The first-order valence-corrected chi connectivity index (χ1v) is 7.07. The molecule has 1 aliphatic rings. The van der Waals surface area contributed by atoms with E-state index in [0.29, 0.717) is 18.4 Å². The third-order valence-corrected chi connectivity index (χ3v) is 4.02. The summed E-state index contributed by atoms with van der Waals surface area (Å²) < 4.78 is 2.32. The van der Waals surface area contributed by atoms with Crippen molar-refractivity contribution in [2.24, 2.45) is 17.6 Å². The molecule has 3 heteroatoms. The Hall–Kier alpha value is -1.09. The highest BCUT2D eigenvalue weighted by atomic mass is 15.1. The van der Waals surface area contributed by atoms with Crippen molar-refractivity contribution < 1.29 is 0 Å². The lowest BCUT2D eigenvalue weighted by atomic mass is 9.91. The van der Waals surface area contributed by atoms with Gasteiger partial charge in [0.25, 0.3) is 0 Å². The number of hydrogen-bond acceptors (Lipinski definition) is 2. The van der Waals surface area contributed by atoms with Crippen LogP contribution in [0.1, 0.15) is 44.7 Å². The first-order valence-electron chi connectivity index (χ1n) is 7.07. The Balaban J connectivity index is 2.09. The van der Waals surface area contributed by atoms with Crippen LogP contribution >= 0.6 is 0 Å². The van der Waals surface area contributed by atoms with Gasteiger partial charge in [-0.3, -0.25) is 0 Å². The molecule has 0 aromatic carbocycles. The molecular weight excluding hydrogens is 222 g/mol. The van der Waals surface area contributed by atoms with Crippen LogP contribution in [0, 0.1) is 11.8 Å². The van der Waals surface area contributed by atoms with Gasteiger partial charge in [0.15, 0.2) is 0 Å². The molecule has 0 fully saturated rings. The van der Waals surface area contributed by atoms with Crippen molar-refractivity contribution in [2.45, 2.75) is 45.6 Å². The number of allylic oxidation sites excluding steroid dienone is 2. The number of nitrogens with two attached hydrogens (primary N) is 1. The summed E-state index contributed by atoms with van der Waals surface area (Å²) in [6.45, 7) is 6.26. The summed E-state index contributed by atoms with van der Waals surface area (Å²) in [5.74, 6) is 1.75. The smallest absolute Gasteiger partial charge is 0.0948 e. The van der Waals surface area contributed by atoms with Crippen molar-refractivity contribution in [3.63, 3.8) is 0 Å². The van der Waals surface area contributed by atoms with E-state index in [-0.39, 0.29) is 0 Å². The van der Waals surface area contributed by atoms with Crippen LogP contribution in [0.2, 0.25) is 0 Å². The van der Waals surface area contributed by atoms with Crippen molar-refractivity contribution in [1.82, 2.24) is 9.55 Å². The topological polar surface area (TPSA) is 43.8 Å². The minimum atomic E-state index is 0.423. The molecule has 0 saturated heterocycles. The summed E-state index contributed by atoms with van der Waals surface area (Å²) in [6, 6.07) is 0. The zero-order chi connectivity index (χ0) is 13.0. The highest BCUT2D eigenvalue weighted by molar-refractivity contribution is 5.08. The van der Waals surface area contributed by atoms with Crippen LogP contribution in [0.4, 0.5) is 0 Å². The molecule has 0 saturated carbocycles. The standard InChI is InChI=1S/C15H25N3/c1-12(2)14(8-16)15-9-17-11-18(15)10-13-6-4-3-5-7-13/h3-4,9,11-14H,5-8,10,16H2,1-2H3. The summed E-state index contributed by atoms with van der Waals surface area (Å²) >= 11 is 0. The summed E-state index contributed by atoms with van der Waals surface area (Å²) in [6.07, 6.45) is 12.3. The maximum Gasteiger partial charge on any atom is 0.0948 e. The Morgan fingerprint density at radius 1 is 1.44 bits per heavy atom. The van der Waals surface area contributed by atoms with Crippen molar-refractivity contribution in [2.75, 3.05) is 6.54 Å². The zero-order valence-corrected chi connectivity index (χ0v) is 11.5. The number of rotatable bonds is 5. The summed E-state index contributed by atoms with van der Waals surface area (Å²) in [5, 5.41) is 0. The van der Waals surface area contributed by atoms with Gasteiger partial charge in [-0.05, 0) is 31.1 Å². The van der Waals surface area contributed by atoms with E-state index in [1.165, 1.54) is 25.0 Å². The molecule has 3 nitrogen and oxygen atoms in total. The van der Waals surface area contributed by atoms with E-state index in [1.807, 2.05) is 12.5 Å². The third-order valence-electron chi connectivity index (χ3n) is 4.02. The van der Waals surface area contributed by atoms with Crippen LogP contribution in [0.3, 0.4) is 0 Å². The van der Waals surface area contributed by atoms with Crippen molar-refractivity contribution in [3.8, 4) is 0 Å². The van der Waals surface area contributed by atoms with Crippen molar-refractivity contribution in [3.05, 3.63) is 30.4 Å². The maximum atomic E-state index is 5.91. The lowest BCUT2D eigenvalue weighted by Crippen LogP contribution is -2.22. The van der Waals surface area contributed by atoms with Gasteiger partial charge in [0.05, 0.1) is 6.33 Å². The Bertz CT molecular complexity index is 392. The van der Waals surface area contributed by atoms with Crippen LogP contribution in [-0.2, 0) is 6.54 Å². The summed E-state index contributed by atoms with van der Waals surface area (Å²) in [5.41, 5.74) is 7.22. The van der Waals surface area contributed by atoms with Gasteiger partial charge in [0.1, 0.15) is 0 Å². The highest BCUT2D eigenvalue weighted by Gasteiger charge is 2.20. The molecule has 1 aliphatic carbocycles. The molecule has 0 spiro atoms. The number of hydrogen-bond donors (Lipinski definition) is 1. The van der Waals surface area contributed by atoms with Crippen LogP contribution in [0.25, 0.3) is 0 Å². The molecule has 100 valence electrons. The average Bonchev–Trinajstić information content (AvgIpc) is 2.79. The van der Waals surface area contributed by atoms with E-state index in [9.17, 15) is 0 Å². The monoisotopic (exact) mass is 247 g/mol. The van der Waals surface area contributed by atoms with Crippen LogP contribution < -0.4 is 5.73 Å². The van der Waals surface area contributed by atoms with E-state index in [4.69, 9.17) is 5.73 Å². The van der Waals surface area contributed by atoms with E-state index in [1.54, 1.807) is 0 Å². The van der Waals surface area contributed by atoms with Crippen molar-refractivity contribution in [1.29, 1.82) is 0 Å². The lowest BCUT2D eigenvalue weighted by molar-refractivity contribution is 0.387. The van der Waals surface area contributed by atoms with E-state index < -0.39 is 0 Å². The molecule has 0 bridgehead atoms. The number of imidazole rings is 1. The first kappa shape index (κ1) is 13.3. The molecule has 1 heterocycles. The van der Waals surface area contributed by atoms with Gasteiger partial charge >= 0.3 is 0 Å². The first-order chi connectivity index (χ1) is 8.72. The van der Waals surface area contributed by atoms with Gasteiger partial charge in [0.2, 0.25) is 0 Å². The Kier molecular flexibility index (Phi) is 4.59. The normalized spacial score (nSPS) is 21.4. The summed E-state index contributed by atoms with van der Waals surface area (Å²) in [4.78, 5) is 4.33. The minimum Gasteiger partial charge on any atom is -0.334 e. The minimum absolute atomic E-state index is 0.423. The lowest BCUT2D eigenvalue weighted by Gasteiger charge is -2.24.